The number of carboxylic acids is 1. The molecule has 0 bridgehead atoms. The summed E-state index contributed by atoms with van der Waals surface area (Å²) in [6.45, 7) is 3.35. The van der Waals surface area contributed by atoms with Gasteiger partial charge in [-0.15, -0.1) is 0 Å². The fourth-order valence-corrected chi connectivity index (χ4v) is 0.803. The molecule has 17 heavy (non-hydrogen) atoms. The van der Waals surface area contributed by atoms with Crippen molar-refractivity contribution in [2.24, 2.45) is 5.41 Å². The zero-order valence-corrected chi connectivity index (χ0v) is 10.2. The van der Waals surface area contributed by atoms with Crippen LogP contribution in [0.25, 0.3) is 0 Å². The van der Waals surface area contributed by atoms with Gasteiger partial charge in [-0.1, -0.05) is 6.92 Å². The Morgan fingerprint density at radius 2 is 1.59 bits per heavy atom. The Kier molecular flexibility index (Phi) is 5.84. The Balaban J connectivity index is 4.58. The molecular formula is C11H18O6. The highest BCUT2D eigenvalue weighted by atomic mass is 16.5. The SMILES string of the molecule is CC(C(=O)O)=C(C)C(=O)OCC(C)(CO)CO. The number of carbonyl (C=O) groups is 2. The van der Waals surface area contributed by atoms with E-state index in [-0.39, 0.29) is 31.0 Å². The van der Waals surface area contributed by atoms with Crippen LogP contribution < -0.4 is 0 Å². The molecule has 0 amide bonds. The highest BCUT2D eigenvalue weighted by Crippen LogP contribution is 2.16. The second-order valence-electron chi connectivity index (χ2n) is 4.26. The third kappa shape index (κ3) is 4.54. The quantitative estimate of drug-likeness (QED) is 0.448. The molecule has 0 aromatic carbocycles. The maximum absolute atomic E-state index is 11.5. The Labute approximate surface area is 99.5 Å². The molecule has 0 aliphatic heterocycles. The molecule has 0 fully saturated rings. The van der Waals surface area contributed by atoms with Crippen molar-refractivity contribution < 1.29 is 29.6 Å². The van der Waals surface area contributed by atoms with Crippen LogP contribution in [0.3, 0.4) is 0 Å². The van der Waals surface area contributed by atoms with Gasteiger partial charge in [0.1, 0.15) is 6.61 Å². The molecule has 0 aromatic heterocycles. The first-order valence-corrected chi connectivity index (χ1v) is 5.07. The maximum Gasteiger partial charge on any atom is 0.334 e. The van der Waals surface area contributed by atoms with Crippen molar-refractivity contribution in [3.8, 4) is 0 Å². The van der Waals surface area contributed by atoms with E-state index in [9.17, 15) is 9.59 Å². The number of aliphatic hydroxyl groups excluding tert-OH is 2. The van der Waals surface area contributed by atoms with Gasteiger partial charge in [0.15, 0.2) is 0 Å². The van der Waals surface area contributed by atoms with Gasteiger partial charge in [-0.2, -0.15) is 0 Å². The number of aliphatic carboxylic acids is 1. The van der Waals surface area contributed by atoms with Crippen molar-refractivity contribution in [2.45, 2.75) is 20.8 Å². The summed E-state index contributed by atoms with van der Waals surface area (Å²) in [7, 11) is 0. The van der Waals surface area contributed by atoms with Crippen LogP contribution in [0.5, 0.6) is 0 Å². The maximum atomic E-state index is 11.5. The Bertz CT molecular complexity index is 327. The van der Waals surface area contributed by atoms with Gasteiger partial charge in [-0.3, -0.25) is 0 Å². The molecular weight excluding hydrogens is 228 g/mol. The van der Waals surface area contributed by atoms with E-state index in [0.717, 1.165) is 0 Å². The van der Waals surface area contributed by atoms with Gasteiger partial charge < -0.3 is 20.1 Å². The average Bonchev–Trinajstić information content (AvgIpc) is 2.33. The minimum atomic E-state index is -1.19. The molecule has 0 atom stereocenters. The summed E-state index contributed by atoms with van der Waals surface area (Å²) in [5, 5.41) is 26.6. The summed E-state index contributed by atoms with van der Waals surface area (Å²) in [4.78, 5) is 22.1. The summed E-state index contributed by atoms with van der Waals surface area (Å²) in [6.07, 6.45) is 0. The van der Waals surface area contributed by atoms with E-state index >= 15 is 0 Å². The van der Waals surface area contributed by atoms with Crippen LogP contribution in [0.2, 0.25) is 0 Å². The topological polar surface area (TPSA) is 104 Å². The van der Waals surface area contributed by atoms with E-state index in [1.807, 2.05) is 0 Å². The molecule has 0 aromatic rings. The number of carboxylic acid groups (broad SMARTS) is 1. The van der Waals surface area contributed by atoms with Gasteiger partial charge in [-0.05, 0) is 13.8 Å². The minimum Gasteiger partial charge on any atom is -0.478 e. The van der Waals surface area contributed by atoms with Crippen LogP contribution in [0.4, 0.5) is 0 Å². The molecule has 0 radical (unpaired) electrons. The first kappa shape index (κ1) is 15.6. The number of esters is 1. The van der Waals surface area contributed by atoms with Crippen LogP contribution in [0, 0.1) is 5.41 Å². The fourth-order valence-electron chi connectivity index (χ4n) is 0.803. The number of hydrogen-bond acceptors (Lipinski definition) is 5. The Morgan fingerprint density at radius 3 is 1.94 bits per heavy atom. The van der Waals surface area contributed by atoms with Crippen LogP contribution >= 0.6 is 0 Å². The highest BCUT2D eigenvalue weighted by Gasteiger charge is 2.25. The van der Waals surface area contributed by atoms with E-state index < -0.39 is 17.4 Å². The molecule has 0 aliphatic rings. The van der Waals surface area contributed by atoms with Crippen molar-refractivity contribution >= 4 is 11.9 Å². The van der Waals surface area contributed by atoms with Crippen LogP contribution in [-0.2, 0) is 14.3 Å². The summed E-state index contributed by atoms with van der Waals surface area (Å²) >= 11 is 0. The molecule has 0 saturated carbocycles. The minimum absolute atomic E-state index is 0.00395. The van der Waals surface area contributed by atoms with Gasteiger partial charge in [0, 0.05) is 16.6 Å². The van der Waals surface area contributed by atoms with E-state index in [0.29, 0.717) is 0 Å². The molecule has 0 spiro atoms. The number of ether oxygens (including phenoxy) is 1. The molecule has 3 N–H and O–H groups in total. The van der Waals surface area contributed by atoms with Gasteiger partial charge in [0.05, 0.1) is 13.2 Å². The summed E-state index contributed by atoms with van der Waals surface area (Å²) in [5.74, 6) is -1.95. The number of carbonyl (C=O) groups excluding carboxylic acids is 1. The van der Waals surface area contributed by atoms with Gasteiger partial charge in [0.2, 0.25) is 0 Å². The Morgan fingerprint density at radius 1 is 1.12 bits per heavy atom. The molecule has 0 saturated heterocycles. The third-order valence-corrected chi connectivity index (χ3v) is 2.50. The first-order chi connectivity index (χ1) is 7.77. The lowest BCUT2D eigenvalue weighted by Gasteiger charge is -2.23. The molecule has 0 heterocycles. The summed E-state index contributed by atoms with van der Waals surface area (Å²) in [5.41, 5.74) is -1.02. The van der Waals surface area contributed by atoms with Crippen LogP contribution in [0.1, 0.15) is 20.8 Å². The largest absolute Gasteiger partial charge is 0.478 e. The van der Waals surface area contributed by atoms with Crippen LogP contribution in [0.15, 0.2) is 11.1 Å². The molecule has 6 heteroatoms. The second-order valence-corrected chi connectivity index (χ2v) is 4.26. The smallest absolute Gasteiger partial charge is 0.334 e. The van der Waals surface area contributed by atoms with E-state index in [1.165, 1.54) is 13.8 Å². The lowest BCUT2D eigenvalue weighted by atomic mass is 9.94. The summed E-state index contributed by atoms with van der Waals surface area (Å²) in [6, 6.07) is 0. The monoisotopic (exact) mass is 246 g/mol. The van der Waals surface area contributed by atoms with Gasteiger partial charge in [-0.25, -0.2) is 9.59 Å². The molecule has 0 unspecified atom stereocenters. The number of rotatable bonds is 6. The predicted octanol–water partition coefficient (Wildman–Crippen LogP) is -0.0585. The zero-order valence-electron chi connectivity index (χ0n) is 10.2. The van der Waals surface area contributed by atoms with E-state index in [4.69, 9.17) is 20.1 Å². The standard InChI is InChI=1S/C11H18O6/c1-7(9(14)15)8(2)10(16)17-6-11(3,4-12)5-13/h12-13H,4-6H2,1-3H3,(H,14,15). The van der Waals surface area contributed by atoms with Gasteiger partial charge in [0.25, 0.3) is 0 Å². The third-order valence-electron chi connectivity index (χ3n) is 2.50. The Hall–Kier alpha value is -1.40. The molecule has 0 rings (SSSR count). The normalized spacial score (nSPS) is 13.0. The fraction of sp³-hybridized carbons (Fsp3) is 0.636. The molecule has 98 valence electrons. The molecule has 6 nitrogen and oxygen atoms in total. The van der Waals surface area contributed by atoms with Crippen molar-refractivity contribution in [3.63, 3.8) is 0 Å². The lowest BCUT2D eigenvalue weighted by molar-refractivity contribution is -0.145. The van der Waals surface area contributed by atoms with Crippen molar-refractivity contribution in [2.75, 3.05) is 19.8 Å². The summed E-state index contributed by atoms with van der Waals surface area (Å²) < 4.78 is 4.84. The van der Waals surface area contributed by atoms with Crippen molar-refractivity contribution in [3.05, 3.63) is 11.1 Å². The van der Waals surface area contributed by atoms with E-state index in [1.54, 1.807) is 6.92 Å². The predicted molar refractivity (Wildman–Crippen MR) is 59.2 cm³/mol. The molecule has 0 aliphatic carbocycles. The zero-order chi connectivity index (χ0) is 13.6. The van der Waals surface area contributed by atoms with Crippen molar-refractivity contribution in [1.82, 2.24) is 0 Å². The lowest BCUT2D eigenvalue weighted by Crippen LogP contribution is -2.33. The van der Waals surface area contributed by atoms with Crippen LogP contribution in [-0.4, -0.2) is 47.1 Å². The number of aliphatic hydroxyl groups is 2. The first-order valence-electron chi connectivity index (χ1n) is 5.07. The highest BCUT2D eigenvalue weighted by molar-refractivity contribution is 5.98. The number of hydrogen-bond donors (Lipinski definition) is 3. The van der Waals surface area contributed by atoms with E-state index in [2.05, 4.69) is 0 Å². The van der Waals surface area contributed by atoms with Crippen molar-refractivity contribution in [1.29, 1.82) is 0 Å². The average molecular weight is 246 g/mol. The van der Waals surface area contributed by atoms with Gasteiger partial charge >= 0.3 is 11.9 Å². The second kappa shape index (κ2) is 6.36.